The van der Waals surface area contributed by atoms with Crippen LogP contribution in [0.3, 0.4) is 0 Å². The highest BCUT2D eigenvalue weighted by atomic mass is 16.3. The van der Waals surface area contributed by atoms with Crippen molar-refractivity contribution in [3.05, 3.63) is 170 Å². The SMILES string of the molecule is c1ccc(-c2ccccc2-c2c3ccccc3c(-c3ccc(-c4ccc5c(c4)oc4ccccc45)cc3)c3ccccc23)cc1. The number of hydrogen-bond donors (Lipinski definition) is 0. The summed E-state index contributed by atoms with van der Waals surface area (Å²) in [6.45, 7) is 0. The predicted octanol–water partition coefficient (Wildman–Crippen LogP) is 12.6. The van der Waals surface area contributed by atoms with Gasteiger partial charge >= 0.3 is 0 Å². The van der Waals surface area contributed by atoms with Gasteiger partial charge in [0, 0.05) is 10.8 Å². The number of rotatable bonds is 4. The van der Waals surface area contributed by atoms with Crippen LogP contribution in [0.15, 0.2) is 174 Å². The molecule has 45 heavy (non-hydrogen) atoms. The molecule has 1 aromatic heterocycles. The van der Waals surface area contributed by atoms with Gasteiger partial charge in [0.15, 0.2) is 0 Å². The fraction of sp³-hybridized carbons (Fsp3) is 0. The van der Waals surface area contributed by atoms with Crippen LogP contribution in [-0.2, 0) is 0 Å². The van der Waals surface area contributed by atoms with E-state index in [-0.39, 0.29) is 0 Å². The van der Waals surface area contributed by atoms with Crippen molar-refractivity contribution < 1.29 is 4.42 Å². The van der Waals surface area contributed by atoms with Crippen LogP contribution in [0.5, 0.6) is 0 Å². The molecule has 0 radical (unpaired) electrons. The van der Waals surface area contributed by atoms with Crippen molar-refractivity contribution >= 4 is 43.5 Å². The smallest absolute Gasteiger partial charge is 0.136 e. The van der Waals surface area contributed by atoms with Gasteiger partial charge in [0.25, 0.3) is 0 Å². The second-order valence-electron chi connectivity index (χ2n) is 11.6. The predicted molar refractivity (Wildman–Crippen MR) is 190 cm³/mol. The lowest BCUT2D eigenvalue weighted by molar-refractivity contribution is 0.669. The summed E-state index contributed by atoms with van der Waals surface area (Å²) in [6.07, 6.45) is 0. The third kappa shape index (κ3) is 4.17. The number of benzene rings is 8. The molecule has 0 bridgehead atoms. The molecule has 1 heteroatoms. The summed E-state index contributed by atoms with van der Waals surface area (Å²) in [5.74, 6) is 0. The van der Waals surface area contributed by atoms with Crippen LogP contribution < -0.4 is 0 Å². The van der Waals surface area contributed by atoms with Gasteiger partial charge in [0.05, 0.1) is 0 Å². The second-order valence-corrected chi connectivity index (χ2v) is 11.6. The van der Waals surface area contributed by atoms with Gasteiger partial charge in [-0.1, -0.05) is 152 Å². The van der Waals surface area contributed by atoms with Crippen LogP contribution in [-0.4, -0.2) is 0 Å². The molecule has 0 N–H and O–H groups in total. The van der Waals surface area contributed by atoms with Crippen LogP contribution in [0, 0.1) is 0 Å². The monoisotopic (exact) mass is 572 g/mol. The summed E-state index contributed by atoms with van der Waals surface area (Å²) < 4.78 is 6.19. The Hall–Kier alpha value is -5.92. The van der Waals surface area contributed by atoms with E-state index in [4.69, 9.17) is 4.42 Å². The first kappa shape index (κ1) is 25.6. The average molecular weight is 573 g/mol. The Kier molecular flexibility index (Phi) is 5.89. The van der Waals surface area contributed by atoms with Gasteiger partial charge in [-0.2, -0.15) is 0 Å². The number of furan rings is 1. The Balaban J connectivity index is 1.22. The van der Waals surface area contributed by atoms with Crippen molar-refractivity contribution in [2.75, 3.05) is 0 Å². The average Bonchev–Trinajstić information content (AvgIpc) is 3.49. The molecule has 0 unspecified atom stereocenters. The Bertz CT molecular complexity index is 2460. The quantitative estimate of drug-likeness (QED) is 0.191. The highest BCUT2D eigenvalue weighted by molar-refractivity contribution is 6.22. The summed E-state index contributed by atoms with van der Waals surface area (Å²) in [4.78, 5) is 0. The lowest BCUT2D eigenvalue weighted by atomic mass is 9.83. The summed E-state index contributed by atoms with van der Waals surface area (Å²) in [6, 6.07) is 61.0. The minimum Gasteiger partial charge on any atom is -0.456 e. The molecule has 0 amide bonds. The zero-order valence-corrected chi connectivity index (χ0v) is 24.6. The number of fused-ring (bicyclic) bond motifs is 5. The Morgan fingerprint density at radius 2 is 0.756 bits per heavy atom. The molecule has 8 aromatic carbocycles. The molecule has 0 fully saturated rings. The molecule has 0 atom stereocenters. The van der Waals surface area contributed by atoms with E-state index in [1.165, 1.54) is 60.5 Å². The van der Waals surface area contributed by atoms with E-state index >= 15 is 0 Å². The van der Waals surface area contributed by atoms with Crippen LogP contribution >= 0.6 is 0 Å². The lowest BCUT2D eigenvalue weighted by Crippen LogP contribution is -1.92. The molecule has 0 spiro atoms. The van der Waals surface area contributed by atoms with Gasteiger partial charge in [0.1, 0.15) is 11.2 Å². The fourth-order valence-electron chi connectivity index (χ4n) is 7.03. The molecule has 0 saturated carbocycles. The second kappa shape index (κ2) is 10.4. The van der Waals surface area contributed by atoms with E-state index in [0.29, 0.717) is 0 Å². The van der Waals surface area contributed by atoms with E-state index in [1.54, 1.807) is 0 Å². The van der Waals surface area contributed by atoms with Gasteiger partial charge in [-0.3, -0.25) is 0 Å². The van der Waals surface area contributed by atoms with Gasteiger partial charge < -0.3 is 4.42 Å². The molecule has 0 saturated heterocycles. The van der Waals surface area contributed by atoms with E-state index in [2.05, 4.69) is 158 Å². The van der Waals surface area contributed by atoms with Gasteiger partial charge in [-0.05, 0) is 84.3 Å². The molecule has 0 aliphatic heterocycles. The van der Waals surface area contributed by atoms with E-state index in [1.807, 2.05) is 12.1 Å². The molecule has 9 aromatic rings. The van der Waals surface area contributed by atoms with Crippen LogP contribution in [0.1, 0.15) is 0 Å². The molecule has 0 aliphatic rings. The van der Waals surface area contributed by atoms with Gasteiger partial charge in [0.2, 0.25) is 0 Å². The first-order chi connectivity index (χ1) is 22.3. The molecule has 0 aliphatic carbocycles. The summed E-state index contributed by atoms with van der Waals surface area (Å²) >= 11 is 0. The molecule has 210 valence electrons. The normalized spacial score (nSPS) is 11.6. The zero-order chi connectivity index (χ0) is 29.7. The Morgan fingerprint density at radius 1 is 0.267 bits per heavy atom. The van der Waals surface area contributed by atoms with Crippen molar-refractivity contribution in [3.8, 4) is 44.5 Å². The first-order valence-corrected chi connectivity index (χ1v) is 15.4. The fourth-order valence-corrected chi connectivity index (χ4v) is 7.03. The topological polar surface area (TPSA) is 13.1 Å². The summed E-state index contributed by atoms with van der Waals surface area (Å²) in [5, 5.41) is 7.33. The molecule has 1 nitrogen and oxygen atoms in total. The highest BCUT2D eigenvalue weighted by Gasteiger charge is 2.18. The molecule has 1 heterocycles. The van der Waals surface area contributed by atoms with Crippen molar-refractivity contribution in [2.24, 2.45) is 0 Å². The van der Waals surface area contributed by atoms with E-state index < -0.39 is 0 Å². The van der Waals surface area contributed by atoms with Crippen LogP contribution in [0.25, 0.3) is 88.0 Å². The van der Waals surface area contributed by atoms with Crippen molar-refractivity contribution in [1.29, 1.82) is 0 Å². The Labute approximate surface area is 261 Å². The highest BCUT2D eigenvalue weighted by Crippen LogP contribution is 2.46. The van der Waals surface area contributed by atoms with Crippen LogP contribution in [0.4, 0.5) is 0 Å². The Morgan fingerprint density at radius 3 is 1.44 bits per heavy atom. The maximum atomic E-state index is 6.19. The van der Waals surface area contributed by atoms with Crippen molar-refractivity contribution in [2.45, 2.75) is 0 Å². The maximum Gasteiger partial charge on any atom is 0.136 e. The van der Waals surface area contributed by atoms with E-state index in [0.717, 1.165) is 27.5 Å². The van der Waals surface area contributed by atoms with Crippen molar-refractivity contribution in [3.63, 3.8) is 0 Å². The first-order valence-electron chi connectivity index (χ1n) is 15.4. The van der Waals surface area contributed by atoms with E-state index in [9.17, 15) is 0 Å². The minimum absolute atomic E-state index is 0.918. The van der Waals surface area contributed by atoms with Gasteiger partial charge in [-0.25, -0.2) is 0 Å². The molecular weight excluding hydrogens is 544 g/mol. The largest absolute Gasteiger partial charge is 0.456 e. The molecular formula is C44H28O. The third-order valence-electron chi connectivity index (χ3n) is 9.10. The maximum absolute atomic E-state index is 6.19. The minimum atomic E-state index is 0.918. The summed E-state index contributed by atoms with van der Waals surface area (Å²) in [7, 11) is 0. The lowest BCUT2D eigenvalue weighted by Gasteiger charge is -2.19. The standard InChI is InChI=1S/C44H28O/c1-2-12-30(13-3-1)33-14-4-5-16-36(33)44-39-19-8-6-17-37(39)43(38-18-7-9-20-40(38)44)31-24-22-29(23-25-31)32-26-27-35-34-15-10-11-21-41(34)45-42(35)28-32/h1-28H. The van der Waals surface area contributed by atoms with Gasteiger partial charge in [-0.15, -0.1) is 0 Å². The zero-order valence-electron chi connectivity index (χ0n) is 24.6. The summed E-state index contributed by atoms with van der Waals surface area (Å²) in [5.41, 5.74) is 11.6. The number of hydrogen-bond acceptors (Lipinski definition) is 1. The molecule has 9 rings (SSSR count). The van der Waals surface area contributed by atoms with Crippen LogP contribution in [0.2, 0.25) is 0 Å². The number of para-hydroxylation sites is 1. The van der Waals surface area contributed by atoms with Crippen molar-refractivity contribution in [1.82, 2.24) is 0 Å². The third-order valence-corrected chi connectivity index (χ3v) is 9.10.